The summed E-state index contributed by atoms with van der Waals surface area (Å²) in [5.74, 6) is 0.732. The van der Waals surface area contributed by atoms with E-state index in [1.165, 1.54) is 0 Å². The van der Waals surface area contributed by atoms with Gasteiger partial charge in [0.15, 0.2) is 0 Å². The number of carbonyl (C=O) groups excluding carboxylic acids is 1. The maximum atomic E-state index is 10.7. The molecule has 0 N–H and O–H groups in total. The predicted octanol–water partition coefficient (Wildman–Crippen LogP) is 3.50. The minimum atomic E-state index is 0.368. The first-order valence-corrected chi connectivity index (χ1v) is 6.38. The molecule has 0 aliphatic rings. The van der Waals surface area contributed by atoms with E-state index >= 15 is 0 Å². The van der Waals surface area contributed by atoms with E-state index in [0.29, 0.717) is 10.8 Å². The lowest BCUT2D eigenvalue weighted by Gasteiger charge is -2.06. The summed E-state index contributed by atoms with van der Waals surface area (Å²) in [6, 6.07) is 12.7. The molecule has 0 aliphatic carbocycles. The molecular weight excluding hydrogens is 276 g/mol. The van der Waals surface area contributed by atoms with Gasteiger partial charge in [-0.25, -0.2) is 4.98 Å². The van der Waals surface area contributed by atoms with Crippen LogP contribution in [0.15, 0.2) is 42.5 Å². The van der Waals surface area contributed by atoms with Gasteiger partial charge in [-0.2, -0.15) is 0 Å². The number of nitrogens with zero attached hydrogens (tertiary/aromatic N) is 2. The molecule has 20 heavy (non-hydrogen) atoms. The molecule has 3 aromatic rings. The van der Waals surface area contributed by atoms with Crippen LogP contribution < -0.4 is 4.74 Å². The number of imidazole rings is 1. The first-order chi connectivity index (χ1) is 9.72. The predicted molar refractivity (Wildman–Crippen MR) is 78.0 cm³/mol. The third kappa shape index (κ3) is 2.04. The van der Waals surface area contributed by atoms with E-state index in [1.807, 2.05) is 34.9 Å². The van der Waals surface area contributed by atoms with Crippen LogP contribution in [-0.2, 0) is 0 Å². The number of fused-ring (bicyclic) bond motifs is 1. The van der Waals surface area contributed by atoms with Gasteiger partial charge in [0.05, 0.1) is 18.1 Å². The molecule has 100 valence electrons. The highest BCUT2D eigenvalue weighted by atomic mass is 35.5. The van der Waals surface area contributed by atoms with E-state index in [0.717, 1.165) is 28.8 Å². The van der Waals surface area contributed by atoms with Gasteiger partial charge in [0.25, 0.3) is 0 Å². The van der Waals surface area contributed by atoms with Crippen LogP contribution in [0.1, 0.15) is 10.4 Å². The quantitative estimate of drug-likeness (QED) is 0.692. The summed E-state index contributed by atoms with van der Waals surface area (Å²) in [6.45, 7) is 0. The number of rotatable bonds is 3. The van der Waals surface area contributed by atoms with Gasteiger partial charge in [0, 0.05) is 17.3 Å². The summed E-state index contributed by atoms with van der Waals surface area (Å²) in [7, 11) is 1.61. The maximum absolute atomic E-state index is 10.7. The van der Waals surface area contributed by atoms with Gasteiger partial charge in [0.1, 0.15) is 12.0 Å². The lowest BCUT2D eigenvalue weighted by Crippen LogP contribution is -1.94. The van der Waals surface area contributed by atoms with Gasteiger partial charge in [-0.15, -0.1) is 0 Å². The molecule has 2 aromatic carbocycles. The Morgan fingerprint density at radius 3 is 2.60 bits per heavy atom. The molecule has 5 heteroatoms. The summed E-state index contributed by atoms with van der Waals surface area (Å²) in [5.41, 5.74) is 3.12. The Bertz CT molecular complexity index is 778. The zero-order chi connectivity index (χ0) is 14.1. The highest BCUT2D eigenvalue weighted by Crippen LogP contribution is 2.27. The van der Waals surface area contributed by atoms with Crippen molar-refractivity contribution in [2.24, 2.45) is 0 Å². The molecule has 0 aliphatic heterocycles. The minimum Gasteiger partial charge on any atom is -0.497 e. The number of carbonyl (C=O) groups is 1. The number of halogens is 1. The Balaban J connectivity index is 2.19. The summed E-state index contributed by atoms with van der Waals surface area (Å²) in [6.07, 6.45) is 0.808. The largest absolute Gasteiger partial charge is 0.497 e. The molecule has 1 heterocycles. The lowest BCUT2D eigenvalue weighted by atomic mass is 10.2. The highest BCUT2D eigenvalue weighted by molar-refractivity contribution is 6.29. The molecule has 1 aromatic heterocycles. The fourth-order valence-electron chi connectivity index (χ4n) is 2.11. The van der Waals surface area contributed by atoms with Crippen molar-refractivity contribution < 1.29 is 9.53 Å². The molecule has 0 saturated heterocycles. The normalized spacial score (nSPS) is 10.7. The highest BCUT2D eigenvalue weighted by Gasteiger charge is 2.11. The monoisotopic (exact) mass is 286 g/mol. The standard InChI is InChI=1S/C15H11ClN2O2/c1-20-12-6-7-14-13(8-12)17-15(16)18(14)11-4-2-10(9-19)3-5-11/h2-9H,1H3. The second-order valence-corrected chi connectivity index (χ2v) is 4.62. The molecule has 0 radical (unpaired) electrons. The Morgan fingerprint density at radius 2 is 1.95 bits per heavy atom. The van der Waals surface area contributed by atoms with Crippen molar-refractivity contribution in [3.8, 4) is 11.4 Å². The summed E-state index contributed by atoms with van der Waals surface area (Å²) in [4.78, 5) is 15.0. The second kappa shape index (κ2) is 4.98. The van der Waals surface area contributed by atoms with Crippen LogP contribution in [-0.4, -0.2) is 22.9 Å². The van der Waals surface area contributed by atoms with Gasteiger partial charge in [-0.3, -0.25) is 9.36 Å². The van der Waals surface area contributed by atoms with Crippen LogP contribution in [0.4, 0.5) is 0 Å². The van der Waals surface area contributed by atoms with E-state index < -0.39 is 0 Å². The third-order valence-corrected chi connectivity index (χ3v) is 3.36. The molecule has 4 nitrogen and oxygen atoms in total. The molecular formula is C15H11ClN2O2. The SMILES string of the molecule is COc1ccc2c(c1)nc(Cl)n2-c1ccc(C=O)cc1. The molecule has 0 amide bonds. The molecule has 0 saturated carbocycles. The summed E-state index contributed by atoms with van der Waals surface area (Å²) >= 11 is 6.21. The first-order valence-electron chi connectivity index (χ1n) is 6.00. The smallest absolute Gasteiger partial charge is 0.208 e. The van der Waals surface area contributed by atoms with Crippen LogP contribution in [0.25, 0.3) is 16.7 Å². The maximum Gasteiger partial charge on any atom is 0.208 e. The van der Waals surface area contributed by atoms with Crippen molar-refractivity contribution in [2.75, 3.05) is 7.11 Å². The third-order valence-electron chi connectivity index (χ3n) is 3.11. The second-order valence-electron chi connectivity index (χ2n) is 4.28. The fourth-order valence-corrected chi connectivity index (χ4v) is 2.38. The van der Waals surface area contributed by atoms with E-state index in [-0.39, 0.29) is 0 Å². The Hall–Kier alpha value is -2.33. The van der Waals surface area contributed by atoms with Gasteiger partial charge >= 0.3 is 0 Å². The van der Waals surface area contributed by atoms with Crippen molar-refractivity contribution in [3.63, 3.8) is 0 Å². The topological polar surface area (TPSA) is 44.1 Å². The van der Waals surface area contributed by atoms with Crippen molar-refractivity contribution in [2.45, 2.75) is 0 Å². The van der Waals surface area contributed by atoms with E-state index in [4.69, 9.17) is 16.3 Å². The van der Waals surface area contributed by atoms with Gasteiger partial charge in [0.2, 0.25) is 5.28 Å². The zero-order valence-corrected chi connectivity index (χ0v) is 11.5. The van der Waals surface area contributed by atoms with E-state index in [2.05, 4.69) is 4.98 Å². The van der Waals surface area contributed by atoms with Crippen LogP contribution >= 0.6 is 11.6 Å². The average Bonchev–Trinajstić information content (AvgIpc) is 2.82. The number of hydrogen-bond acceptors (Lipinski definition) is 3. The number of hydrogen-bond donors (Lipinski definition) is 0. The number of ether oxygens (including phenoxy) is 1. The molecule has 0 unspecified atom stereocenters. The van der Waals surface area contributed by atoms with Crippen LogP contribution in [0.3, 0.4) is 0 Å². The number of aldehydes is 1. The molecule has 3 rings (SSSR count). The van der Waals surface area contributed by atoms with Crippen molar-refractivity contribution in [3.05, 3.63) is 53.3 Å². The van der Waals surface area contributed by atoms with Crippen LogP contribution in [0, 0.1) is 0 Å². The Kier molecular flexibility index (Phi) is 3.16. The van der Waals surface area contributed by atoms with E-state index in [9.17, 15) is 4.79 Å². The summed E-state index contributed by atoms with van der Waals surface area (Å²) < 4.78 is 7.00. The average molecular weight is 287 g/mol. The van der Waals surface area contributed by atoms with Crippen molar-refractivity contribution in [1.29, 1.82) is 0 Å². The Labute approximate surface area is 120 Å². The first kappa shape index (κ1) is 12.7. The lowest BCUT2D eigenvalue weighted by molar-refractivity contribution is 0.112. The number of methoxy groups -OCH3 is 1. The zero-order valence-electron chi connectivity index (χ0n) is 10.7. The van der Waals surface area contributed by atoms with Gasteiger partial charge < -0.3 is 4.74 Å². The number of aromatic nitrogens is 2. The molecule has 0 fully saturated rings. The summed E-state index contributed by atoms with van der Waals surface area (Å²) in [5, 5.41) is 0.368. The molecule has 0 spiro atoms. The Morgan fingerprint density at radius 1 is 1.20 bits per heavy atom. The fraction of sp³-hybridized carbons (Fsp3) is 0.0667. The van der Waals surface area contributed by atoms with Crippen molar-refractivity contribution in [1.82, 2.24) is 9.55 Å². The van der Waals surface area contributed by atoms with Crippen LogP contribution in [0.5, 0.6) is 5.75 Å². The van der Waals surface area contributed by atoms with Crippen molar-refractivity contribution >= 4 is 28.9 Å². The molecule has 0 bridgehead atoms. The number of benzene rings is 2. The van der Waals surface area contributed by atoms with E-state index in [1.54, 1.807) is 19.2 Å². The van der Waals surface area contributed by atoms with Gasteiger partial charge in [-0.1, -0.05) is 0 Å². The van der Waals surface area contributed by atoms with Crippen LogP contribution in [0.2, 0.25) is 5.28 Å². The molecule has 0 atom stereocenters. The minimum absolute atomic E-state index is 0.368. The van der Waals surface area contributed by atoms with Gasteiger partial charge in [-0.05, 0) is 48.0 Å².